The lowest BCUT2D eigenvalue weighted by atomic mass is 10.1. The van der Waals surface area contributed by atoms with Crippen LogP contribution in [0.2, 0.25) is 0 Å². The number of sulfonamides is 1. The summed E-state index contributed by atoms with van der Waals surface area (Å²) >= 11 is 0. The SMILES string of the molecule is CC1CNCCN1C(=O)CCc1ccc(S(=O)(=O)NC2CC2)cc1. The van der Waals surface area contributed by atoms with Crippen LogP contribution in [0, 0.1) is 0 Å². The van der Waals surface area contributed by atoms with E-state index in [1.165, 1.54) is 0 Å². The average Bonchev–Trinajstić information content (AvgIpc) is 3.37. The molecule has 1 saturated heterocycles. The molecule has 132 valence electrons. The second kappa shape index (κ2) is 7.21. The van der Waals surface area contributed by atoms with E-state index in [4.69, 9.17) is 0 Å². The number of piperazine rings is 1. The summed E-state index contributed by atoms with van der Waals surface area (Å²) < 4.78 is 26.9. The second-order valence-corrected chi connectivity index (χ2v) is 8.39. The predicted octanol–water partition coefficient (Wildman–Crippen LogP) is 0.880. The minimum atomic E-state index is -3.40. The number of hydrogen-bond donors (Lipinski definition) is 2. The van der Waals surface area contributed by atoms with E-state index in [1.807, 2.05) is 4.90 Å². The van der Waals surface area contributed by atoms with E-state index in [2.05, 4.69) is 17.0 Å². The molecule has 2 aliphatic rings. The van der Waals surface area contributed by atoms with Crippen molar-refractivity contribution < 1.29 is 13.2 Å². The van der Waals surface area contributed by atoms with E-state index in [0.29, 0.717) is 17.7 Å². The topological polar surface area (TPSA) is 78.5 Å². The van der Waals surface area contributed by atoms with Crippen molar-refractivity contribution in [2.24, 2.45) is 0 Å². The van der Waals surface area contributed by atoms with Gasteiger partial charge < -0.3 is 10.2 Å². The van der Waals surface area contributed by atoms with Crippen LogP contribution < -0.4 is 10.0 Å². The van der Waals surface area contributed by atoms with Gasteiger partial charge in [-0.25, -0.2) is 13.1 Å². The normalized spacial score (nSPS) is 21.7. The van der Waals surface area contributed by atoms with Gasteiger partial charge in [0.2, 0.25) is 15.9 Å². The highest BCUT2D eigenvalue weighted by atomic mass is 32.2. The number of amides is 1. The summed E-state index contributed by atoms with van der Waals surface area (Å²) in [5, 5.41) is 3.27. The van der Waals surface area contributed by atoms with Crippen LogP contribution in [0.15, 0.2) is 29.2 Å². The Bertz CT molecular complexity index is 684. The minimum Gasteiger partial charge on any atom is -0.337 e. The maximum atomic E-state index is 12.3. The summed E-state index contributed by atoms with van der Waals surface area (Å²) in [7, 11) is -3.40. The van der Waals surface area contributed by atoms with Crippen molar-refractivity contribution in [1.29, 1.82) is 0 Å². The van der Waals surface area contributed by atoms with Crippen LogP contribution in [0.4, 0.5) is 0 Å². The van der Waals surface area contributed by atoms with Gasteiger partial charge in [-0.15, -0.1) is 0 Å². The lowest BCUT2D eigenvalue weighted by molar-refractivity contribution is -0.133. The molecule has 1 heterocycles. The van der Waals surface area contributed by atoms with Crippen molar-refractivity contribution in [3.05, 3.63) is 29.8 Å². The smallest absolute Gasteiger partial charge is 0.240 e. The zero-order chi connectivity index (χ0) is 17.2. The number of nitrogens with zero attached hydrogens (tertiary/aromatic N) is 1. The van der Waals surface area contributed by atoms with Crippen molar-refractivity contribution in [1.82, 2.24) is 14.9 Å². The predicted molar refractivity (Wildman–Crippen MR) is 92.2 cm³/mol. The fourth-order valence-corrected chi connectivity index (χ4v) is 4.24. The molecule has 1 aromatic rings. The summed E-state index contributed by atoms with van der Waals surface area (Å²) in [5.74, 6) is 0.163. The van der Waals surface area contributed by atoms with Gasteiger partial charge in [-0.2, -0.15) is 0 Å². The molecule has 3 rings (SSSR count). The monoisotopic (exact) mass is 351 g/mol. The molecule has 1 saturated carbocycles. The van der Waals surface area contributed by atoms with Gasteiger partial charge in [-0.05, 0) is 43.9 Å². The molecule has 1 amide bonds. The third kappa shape index (κ3) is 4.34. The van der Waals surface area contributed by atoms with Crippen LogP contribution in [0.1, 0.15) is 31.7 Å². The molecule has 0 spiro atoms. The fourth-order valence-electron chi connectivity index (χ4n) is 2.93. The van der Waals surface area contributed by atoms with E-state index in [1.54, 1.807) is 24.3 Å². The van der Waals surface area contributed by atoms with Crippen molar-refractivity contribution in [3.8, 4) is 0 Å². The van der Waals surface area contributed by atoms with Gasteiger partial charge >= 0.3 is 0 Å². The van der Waals surface area contributed by atoms with E-state index in [-0.39, 0.29) is 18.0 Å². The fraction of sp³-hybridized carbons (Fsp3) is 0.588. The van der Waals surface area contributed by atoms with Crippen LogP contribution in [-0.2, 0) is 21.2 Å². The molecule has 0 bridgehead atoms. The second-order valence-electron chi connectivity index (χ2n) is 6.68. The van der Waals surface area contributed by atoms with Crippen molar-refractivity contribution in [2.45, 2.75) is 49.6 Å². The molecule has 1 aliphatic carbocycles. The summed E-state index contributed by atoms with van der Waals surface area (Å²) in [4.78, 5) is 14.5. The Labute approximate surface area is 143 Å². The molecule has 1 aliphatic heterocycles. The summed E-state index contributed by atoms with van der Waals surface area (Å²) in [6.07, 6.45) is 2.93. The maximum Gasteiger partial charge on any atom is 0.240 e. The third-order valence-electron chi connectivity index (χ3n) is 4.58. The van der Waals surface area contributed by atoms with E-state index in [9.17, 15) is 13.2 Å². The summed E-state index contributed by atoms with van der Waals surface area (Å²) in [6, 6.07) is 7.18. The molecule has 6 nitrogen and oxygen atoms in total. The van der Waals surface area contributed by atoms with Gasteiger partial charge in [0.25, 0.3) is 0 Å². The van der Waals surface area contributed by atoms with Gasteiger partial charge in [-0.1, -0.05) is 12.1 Å². The first-order valence-corrected chi connectivity index (χ1v) is 10.1. The number of nitrogens with one attached hydrogen (secondary N) is 2. The first kappa shape index (κ1) is 17.4. The van der Waals surface area contributed by atoms with Crippen molar-refractivity contribution in [3.63, 3.8) is 0 Å². The molecular formula is C17H25N3O3S. The molecule has 1 aromatic carbocycles. The van der Waals surface area contributed by atoms with E-state index < -0.39 is 10.0 Å². The summed E-state index contributed by atoms with van der Waals surface area (Å²) in [6.45, 7) is 4.49. The van der Waals surface area contributed by atoms with E-state index >= 15 is 0 Å². The van der Waals surface area contributed by atoms with Crippen LogP contribution in [0.3, 0.4) is 0 Å². The van der Waals surface area contributed by atoms with Gasteiger partial charge in [0.1, 0.15) is 0 Å². The Morgan fingerprint density at radius 3 is 2.62 bits per heavy atom. The van der Waals surface area contributed by atoms with Gasteiger partial charge in [-0.3, -0.25) is 4.79 Å². The van der Waals surface area contributed by atoms with Crippen LogP contribution in [0.25, 0.3) is 0 Å². The molecule has 2 fully saturated rings. The Hall–Kier alpha value is -1.44. The number of carbonyl (C=O) groups excluding carboxylic acids is 1. The van der Waals surface area contributed by atoms with Gasteiger partial charge in [0.15, 0.2) is 0 Å². The number of hydrogen-bond acceptors (Lipinski definition) is 4. The highest BCUT2D eigenvalue weighted by molar-refractivity contribution is 7.89. The van der Waals surface area contributed by atoms with Crippen molar-refractivity contribution in [2.75, 3.05) is 19.6 Å². The Kier molecular flexibility index (Phi) is 5.22. The number of rotatable bonds is 6. The third-order valence-corrected chi connectivity index (χ3v) is 6.12. The maximum absolute atomic E-state index is 12.3. The quantitative estimate of drug-likeness (QED) is 0.797. The molecule has 0 aromatic heterocycles. The van der Waals surface area contributed by atoms with Crippen molar-refractivity contribution >= 4 is 15.9 Å². The number of benzene rings is 1. The highest BCUT2D eigenvalue weighted by Crippen LogP contribution is 2.22. The van der Waals surface area contributed by atoms with Crippen LogP contribution in [-0.4, -0.2) is 50.9 Å². The zero-order valence-electron chi connectivity index (χ0n) is 14.0. The summed E-state index contributed by atoms with van der Waals surface area (Å²) in [5.41, 5.74) is 0.983. The average molecular weight is 351 g/mol. The first-order valence-electron chi connectivity index (χ1n) is 8.57. The zero-order valence-corrected chi connectivity index (χ0v) is 14.8. The molecule has 1 atom stereocenters. The lowest BCUT2D eigenvalue weighted by Crippen LogP contribution is -2.52. The van der Waals surface area contributed by atoms with Gasteiger partial charge in [0, 0.05) is 38.1 Å². The molecular weight excluding hydrogens is 326 g/mol. The van der Waals surface area contributed by atoms with Gasteiger partial charge in [0.05, 0.1) is 4.90 Å². The largest absolute Gasteiger partial charge is 0.337 e. The Morgan fingerprint density at radius 2 is 2.00 bits per heavy atom. The standard InChI is InChI=1S/C17H25N3O3S/c1-13-12-18-10-11-20(13)17(21)9-4-14-2-7-16(8-3-14)24(22,23)19-15-5-6-15/h2-3,7-8,13,15,18-19H,4-6,9-12H2,1H3. The lowest BCUT2D eigenvalue weighted by Gasteiger charge is -2.34. The molecule has 24 heavy (non-hydrogen) atoms. The Morgan fingerprint density at radius 1 is 1.29 bits per heavy atom. The number of carbonyl (C=O) groups is 1. The van der Waals surface area contributed by atoms with E-state index in [0.717, 1.165) is 38.0 Å². The number of aryl methyl sites for hydroxylation is 1. The molecule has 2 N–H and O–H groups in total. The minimum absolute atomic E-state index is 0.105. The molecule has 1 unspecified atom stereocenters. The van der Waals surface area contributed by atoms with Crippen LogP contribution >= 0.6 is 0 Å². The first-order chi connectivity index (χ1) is 11.5. The highest BCUT2D eigenvalue weighted by Gasteiger charge is 2.28. The molecule has 7 heteroatoms. The van der Waals surface area contributed by atoms with Crippen LogP contribution in [0.5, 0.6) is 0 Å². The molecule has 0 radical (unpaired) electrons. The Balaban J connectivity index is 1.55.